The molecular formula is C15H23NO3. The molecule has 1 aromatic rings. The van der Waals surface area contributed by atoms with E-state index in [0.29, 0.717) is 6.61 Å². The number of aryl methyl sites for hydroxylation is 1. The molecule has 0 aliphatic rings. The molecule has 0 heterocycles. The van der Waals surface area contributed by atoms with Gasteiger partial charge in [-0.1, -0.05) is 19.4 Å². The molecule has 1 rings (SSSR count). The van der Waals surface area contributed by atoms with E-state index in [0.717, 1.165) is 29.8 Å². The van der Waals surface area contributed by atoms with Crippen molar-refractivity contribution in [3.63, 3.8) is 0 Å². The lowest BCUT2D eigenvalue weighted by molar-refractivity contribution is -0.144. The number of esters is 1. The van der Waals surface area contributed by atoms with Crippen molar-refractivity contribution in [2.24, 2.45) is 0 Å². The fourth-order valence-corrected chi connectivity index (χ4v) is 1.85. The lowest BCUT2D eigenvalue weighted by Crippen LogP contribution is -2.31. The Kier molecular flexibility index (Phi) is 6.19. The first-order valence-electron chi connectivity index (χ1n) is 6.70. The summed E-state index contributed by atoms with van der Waals surface area (Å²) in [6.45, 7) is 6.26. The maximum Gasteiger partial charge on any atom is 0.328 e. The molecule has 0 aromatic heterocycles. The largest absolute Gasteiger partial charge is 0.497 e. The second kappa shape index (κ2) is 7.67. The molecule has 106 valence electrons. The zero-order chi connectivity index (χ0) is 14.3. The van der Waals surface area contributed by atoms with Gasteiger partial charge in [-0.2, -0.15) is 0 Å². The highest BCUT2D eigenvalue weighted by molar-refractivity contribution is 5.79. The molecule has 4 heteroatoms. The van der Waals surface area contributed by atoms with Crippen LogP contribution in [-0.4, -0.2) is 25.7 Å². The molecule has 1 aromatic carbocycles. The third-order valence-electron chi connectivity index (χ3n) is 2.92. The van der Waals surface area contributed by atoms with Crippen LogP contribution in [0.2, 0.25) is 0 Å². The Morgan fingerprint density at radius 2 is 2.11 bits per heavy atom. The lowest BCUT2D eigenvalue weighted by Gasteiger charge is -2.19. The van der Waals surface area contributed by atoms with Crippen LogP contribution in [0, 0.1) is 6.92 Å². The molecule has 1 atom stereocenters. The summed E-state index contributed by atoms with van der Waals surface area (Å²) in [6.07, 6.45) is 1.66. The van der Waals surface area contributed by atoms with Gasteiger partial charge in [0.05, 0.1) is 13.7 Å². The lowest BCUT2D eigenvalue weighted by atomic mass is 10.1. The zero-order valence-electron chi connectivity index (χ0n) is 12.2. The number of nitrogens with one attached hydrogen (secondary N) is 1. The van der Waals surface area contributed by atoms with Crippen LogP contribution in [0.4, 0.5) is 5.69 Å². The van der Waals surface area contributed by atoms with Gasteiger partial charge >= 0.3 is 5.97 Å². The number of hydrogen-bond acceptors (Lipinski definition) is 4. The van der Waals surface area contributed by atoms with Gasteiger partial charge in [-0.3, -0.25) is 0 Å². The first kappa shape index (κ1) is 15.3. The van der Waals surface area contributed by atoms with Gasteiger partial charge in [0.15, 0.2) is 0 Å². The topological polar surface area (TPSA) is 47.6 Å². The highest BCUT2D eigenvalue weighted by atomic mass is 16.5. The van der Waals surface area contributed by atoms with E-state index >= 15 is 0 Å². The molecule has 0 radical (unpaired) electrons. The fraction of sp³-hybridized carbons (Fsp3) is 0.533. The average Bonchev–Trinajstić information content (AvgIpc) is 2.40. The summed E-state index contributed by atoms with van der Waals surface area (Å²) in [5, 5.41) is 3.25. The van der Waals surface area contributed by atoms with Crippen LogP contribution in [0.15, 0.2) is 18.2 Å². The van der Waals surface area contributed by atoms with Crippen LogP contribution in [0.3, 0.4) is 0 Å². The van der Waals surface area contributed by atoms with Crippen LogP contribution in [-0.2, 0) is 9.53 Å². The number of ether oxygens (including phenoxy) is 2. The van der Waals surface area contributed by atoms with Gasteiger partial charge in [0.2, 0.25) is 0 Å². The van der Waals surface area contributed by atoms with Crippen molar-refractivity contribution < 1.29 is 14.3 Å². The molecule has 4 nitrogen and oxygen atoms in total. The summed E-state index contributed by atoms with van der Waals surface area (Å²) in [7, 11) is 1.63. The SMILES string of the molecule is CCCC(Nc1cc(OC)ccc1C)C(=O)OCC. The molecule has 0 fully saturated rings. The zero-order valence-corrected chi connectivity index (χ0v) is 12.2. The first-order chi connectivity index (χ1) is 9.12. The van der Waals surface area contributed by atoms with Gasteiger partial charge in [0.1, 0.15) is 11.8 Å². The van der Waals surface area contributed by atoms with Crippen molar-refractivity contribution in [2.75, 3.05) is 19.0 Å². The van der Waals surface area contributed by atoms with E-state index in [2.05, 4.69) is 5.32 Å². The van der Waals surface area contributed by atoms with Gasteiger partial charge in [-0.15, -0.1) is 0 Å². The van der Waals surface area contributed by atoms with Crippen molar-refractivity contribution in [3.8, 4) is 5.75 Å². The van der Waals surface area contributed by atoms with Crippen molar-refractivity contribution in [2.45, 2.75) is 39.7 Å². The Bertz CT molecular complexity index is 418. The normalized spacial score (nSPS) is 11.8. The molecule has 0 bridgehead atoms. The molecule has 0 spiro atoms. The van der Waals surface area contributed by atoms with Crippen molar-refractivity contribution in [1.82, 2.24) is 0 Å². The standard InChI is InChI=1S/C15H23NO3/c1-5-7-13(15(17)19-6-2)16-14-10-12(18-4)9-8-11(14)3/h8-10,13,16H,5-7H2,1-4H3. The number of carbonyl (C=O) groups is 1. The molecule has 0 saturated heterocycles. The van der Waals surface area contributed by atoms with Crippen LogP contribution in [0.1, 0.15) is 32.3 Å². The predicted octanol–water partition coefficient (Wildman–Crippen LogP) is 3.15. The maximum absolute atomic E-state index is 11.9. The number of carbonyl (C=O) groups excluding carboxylic acids is 1. The monoisotopic (exact) mass is 265 g/mol. The Labute approximate surface area is 115 Å². The van der Waals surface area contributed by atoms with Crippen molar-refractivity contribution in [3.05, 3.63) is 23.8 Å². The van der Waals surface area contributed by atoms with Crippen LogP contribution < -0.4 is 10.1 Å². The second-order valence-corrected chi connectivity index (χ2v) is 4.42. The number of benzene rings is 1. The third-order valence-corrected chi connectivity index (χ3v) is 2.92. The molecule has 0 aliphatic carbocycles. The molecule has 19 heavy (non-hydrogen) atoms. The van der Waals surface area contributed by atoms with Gasteiger partial charge in [0.25, 0.3) is 0 Å². The van der Waals surface area contributed by atoms with Crippen molar-refractivity contribution >= 4 is 11.7 Å². The summed E-state index contributed by atoms with van der Waals surface area (Å²) < 4.78 is 10.3. The molecule has 1 N–H and O–H groups in total. The van der Waals surface area contributed by atoms with Crippen LogP contribution in [0.25, 0.3) is 0 Å². The predicted molar refractivity (Wildman–Crippen MR) is 76.7 cm³/mol. The Balaban J connectivity index is 2.86. The molecule has 0 aliphatic heterocycles. The molecular weight excluding hydrogens is 242 g/mol. The highest BCUT2D eigenvalue weighted by Crippen LogP contribution is 2.23. The second-order valence-electron chi connectivity index (χ2n) is 4.42. The van der Waals surface area contributed by atoms with Crippen LogP contribution >= 0.6 is 0 Å². The third kappa shape index (κ3) is 4.47. The van der Waals surface area contributed by atoms with Gasteiger partial charge in [-0.05, 0) is 31.9 Å². The van der Waals surface area contributed by atoms with Gasteiger partial charge in [-0.25, -0.2) is 4.79 Å². The van der Waals surface area contributed by atoms with E-state index in [1.54, 1.807) is 7.11 Å². The van der Waals surface area contributed by atoms with E-state index in [9.17, 15) is 4.79 Å². The van der Waals surface area contributed by atoms with Gasteiger partial charge < -0.3 is 14.8 Å². The summed E-state index contributed by atoms with van der Waals surface area (Å²) in [5.74, 6) is 0.568. The van der Waals surface area contributed by atoms with E-state index in [1.165, 1.54) is 0 Å². The van der Waals surface area contributed by atoms with E-state index in [1.807, 2.05) is 39.0 Å². The maximum atomic E-state index is 11.9. The summed E-state index contributed by atoms with van der Waals surface area (Å²) in [6, 6.07) is 5.46. The molecule has 0 amide bonds. The van der Waals surface area contributed by atoms with E-state index in [-0.39, 0.29) is 12.0 Å². The number of hydrogen-bond donors (Lipinski definition) is 1. The number of methoxy groups -OCH3 is 1. The first-order valence-corrected chi connectivity index (χ1v) is 6.70. The average molecular weight is 265 g/mol. The summed E-state index contributed by atoms with van der Waals surface area (Å²) >= 11 is 0. The van der Waals surface area contributed by atoms with Crippen molar-refractivity contribution in [1.29, 1.82) is 0 Å². The van der Waals surface area contributed by atoms with E-state index < -0.39 is 0 Å². The minimum absolute atomic E-state index is 0.202. The number of rotatable bonds is 7. The minimum Gasteiger partial charge on any atom is -0.497 e. The Hall–Kier alpha value is -1.71. The van der Waals surface area contributed by atoms with Gasteiger partial charge in [0, 0.05) is 11.8 Å². The fourth-order valence-electron chi connectivity index (χ4n) is 1.85. The molecule has 1 unspecified atom stereocenters. The summed E-state index contributed by atoms with van der Waals surface area (Å²) in [5.41, 5.74) is 1.98. The quantitative estimate of drug-likeness (QED) is 0.769. The minimum atomic E-state index is -0.309. The number of anilines is 1. The van der Waals surface area contributed by atoms with E-state index in [4.69, 9.17) is 9.47 Å². The summed E-state index contributed by atoms with van der Waals surface area (Å²) in [4.78, 5) is 11.9. The van der Waals surface area contributed by atoms with Crippen LogP contribution in [0.5, 0.6) is 5.75 Å². The molecule has 0 saturated carbocycles. The smallest absolute Gasteiger partial charge is 0.328 e. The highest BCUT2D eigenvalue weighted by Gasteiger charge is 2.19. The Morgan fingerprint density at radius 3 is 2.68 bits per heavy atom. The Morgan fingerprint density at radius 1 is 1.37 bits per heavy atom.